The van der Waals surface area contributed by atoms with Crippen LogP contribution in [0.4, 0.5) is 0 Å². The van der Waals surface area contributed by atoms with Gasteiger partial charge in [0, 0.05) is 12.1 Å². The van der Waals surface area contributed by atoms with E-state index < -0.39 is 0 Å². The van der Waals surface area contributed by atoms with Crippen LogP contribution in [0.3, 0.4) is 0 Å². The van der Waals surface area contributed by atoms with Crippen molar-refractivity contribution in [2.24, 2.45) is 0 Å². The van der Waals surface area contributed by atoms with Crippen molar-refractivity contribution in [3.63, 3.8) is 0 Å². The molecule has 0 radical (unpaired) electrons. The van der Waals surface area contributed by atoms with Crippen LogP contribution in [-0.4, -0.2) is 47.8 Å². The van der Waals surface area contributed by atoms with E-state index >= 15 is 0 Å². The van der Waals surface area contributed by atoms with Gasteiger partial charge in [0.05, 0.1) is 38.6 Å². The SMILES string of the molecule is CC1COC(CO)CN1C(=O)c1ccc2c(c1)COC2. The lowest BCUT2D eigenvalue weighted by molar-refractivity contribution is -0.0667. The lowest BCUT2D eigenvalue weighted by Gasteiger charge is -2.37. The predicted octanol–water partition coefficient (Wildman–Crippen LogP) is 0.939. The average Bonchev–Trinajstić information content (AvgIpc) is 2.94. The molecule has 5 nitrogen and oxygen atoms in total. The number of morpholine rings is 1. The van der Waals surface area contributed by atoms with E-state index in [2.05, 4.69) is 0 Å². The van der Waals surface area contributed by atoms with Gasteiger partial charge in [0.2, 0.25) is 0 Å². The number of rotatable bonds is 2. The van der Waals surface area contributed by atoms with Crippen LogP contribution in [0.1, 0.15) is 28.4 Å². The fraction of sp³-hybridized carbons (Fsp3) is 0.533. The third kappa shape index (κ3) is 2.44. The summed E-state index contributed by atoms with van der Waals surface area (Å²) in [5.41, 5.74) is 2.93. The Kier molecular flexibility index (Phi) is 3.74. The zero-order chi connectivity index (χ0) is 14.1. The summed E-state index contributed by atoms with van der Waals surface area (Å²) in [4.78, 5) is 14.4. The Morgan fingerprint density at radius 1 is 1.40 bits per heavy atom. The normalized spacial score (nSPS) is 25.6. The Morgan fingerprint density at radius 3 is 3.00 bits per heavy atom. The van der Waals surface area contributed by atoms with Gasteiger partial charge in [-0.2, -0.15) is 0 Å². The van der Waals surface area contributed by atoms with Gasteiger partial charge in [-0.15, -0.1) is 0 Å². The number of carbonyl (C=O) groups excluding carboxylic acids is 1. The third-order valence-electron chi connectivity index (χ3n) is 3.94. The number of nitrogens with zero attached hydrogens (tertiary/aromatic N) is 1. The van der Waals surface area contributed by atoms with Crippen molar-refractivity contribution >= 4 is 5.91 Å². The Balaban J connectivity index is 1.80. The molecule has 1 fully saturated rings. The molecule has 0 bridgehead atoms. The Morgan fingerprint density at radius 2 is 2.20 bits per heavy atom. The van der Waals surface area contributed by atoms with Gasteiger partial charge in [-0.25, -0.2) is 0 Å². The highest BCUT2D eigenvalue weighted by Gasteiger charge is 2.30. The van der Waals surface area contributed by atoms with E-state index in [-0.39, 0.29) is 24.7 Å². The van der Waals surface area contributed by atoms with Gasteiger partial charge in [-0.1, -0.05) is 6.07 Å². The minimum absolute atomic E-state index is 0.00560. The van der Waals surface area contributed by atoms with Gasteiger partial charge in [0.25, 0.3) is 5.91 Å². The standard InChI is InChI=1S/C15H19NO4/c1-10-7-20-14(6-17)5-16(10)15(18)11-2-3-12-8-19-9-13(12)4-11/h2-4,10,14,17H,5-9H2,1H3. The molecule has 2 aliphatic rings. The largest absolute Gasteiger partial charge is 0.394 e. The van der Waals surface area contributed by atoms with Crippen molar-refractivity contribution < 1.29 is 19.4 Å². The second-order valence-corrected chi connectivity index (χ2v) is 5.42. The zero-order valence-corrected chi connectivity index (χ0v) is 11.5. The molecule has 2 heterocycles. The first-order valence-electron chi connectivity index (χ1n) is 6.92. The Hall–Kier alpha value is -1.43. The number of hydrogen-bond donors (Lipinski definition) is 1. The maximum Gasteiger partial charge on any atom is 0.254 e. The fourth-order valence-corrected chi connectivity index (χ4v) is 2.68. The quantitative estimate of drug-likeness (QED) is 0.874. The maximum absolute atomic E-state index is 12.6. The second-order valence-electron chi connectivity index (χ2n) is 5.42. The van der Waals surface area contributed by atoms with Gasteiger partial charge >= 0.3 is 0 Å². The van der Waals surface area contributed by atoms with E-state index in [0.29, 0.717) is 31.9 Å². The monoisotopic (exact) mass is 277 g/mol. The highest BCUT2D eigenvalue weighted by atomic mass is 16.5. The summed E-state index contributed by atoms with van der Waals surface area (Å²) in [5.74, 6) is -0.00560. The first-order chi connectivity index (χ1) is 9.69. The van der Waals surface area contributed by atoms with E-state index in [1.165, 1.54) is 0 Å². The highest BCUT2D eigenvalue weighted by Crippen LogP contribution is 2.23. The first kappa shape index (κ1) is 13.5. The van der Waals surface area contributed by atoms with Crippen molar-refractivity contribution in [1.29, 1.82) is 0 Å². The lowest BCUT2D eigenvalue weighted by Crippen LogP contribution is -2.52. The number of carbonyl (C=O) groups is 1. The number of amides is 1. The molecule has 1 amide bonds. The van der Waals surface area contributed by atoms with Crippen molar-refractivity contribution in [3.05, 3.63) is 34.9 Å². The summed E-state index contributed by atoms with van der Waals surface area (Å²) in [5, 5.41) is 9.19. The Labute approximate surface area is 118 Å². The van der Waals surface area contributed by atoms with Crippen LogP contribution in [0.2, 0.25) is 0 Å². The summed E-state index contributed by atoms with van der Waals surface area (Å²) in [6, 6.07) is 5.76. The molecule has 1 aromatic rings. The first-order valence-corrected chi connectivity index (χ1v) is 6.92. The van der Waals surface area contributed by atoms with E-state index in [1.54, 1.807) is 4.90 Å². The van der Waals surface area contributed by atoms with Crippen LogP contribution < -0.4 is 0 Å². The molecule has 108 valence electrons. The van der Waals surface area contributed by atoms with Gasteiger partial charge in [0.15, 0.2) is 0 Å². The van der Waals surface area contributed by atoms with Crippen LogP contribution in [0.5, 0.6) is 0 Å². The maximum atomic E-state index is 12.6. The van der Waals surface area contributed by atoms with Gasteiger partial charge in [0.1, 0.15) is 0 Å². The topological polar surface area (TPSA) is 59.0 Å². The summed E-state index contributed by atoms with van der Waals surface area (Å²) < 4.78 is 10.8. The molecule has 0 spiro atoms. The molecule has 0 saturated carbocycles. The van der Waals surface area contributed by atoms with E-state index in [9.17, 15) is 9.90 Å². The van der Waals surface area contributed by atoms with Crippen LogP contribution in [-0.2, 0) is 22.7 Å². The summed E-state index contributed by atoms with van der Waals surface area (Å²) in [6.45, 7) is 4.00. The molecule has 1 aromatic carbocycles. The number of ether oxygens (including phenoxy) is 2. The summed E-state index contributed by atoms with van der Waals surface area (Å²) in [7, 11) is 0. The number of aliphatic hydroxyl groups is 1. The fourth-order valence-electron chi connectivity index (χ4n) is 2.68. The minimum atomic E-state index is -0.284. The minimum Gasteiger partial charge on any atom is -0.394 e. The molecule has 2 atom stereocenters. The highest BCUT2D eigenvalue weighted by molar-refractivity contribution is 5.94. The molecular weight excluding hydrogens is 258 g/mol. The summed E-state index contributed by atoms with van der Waals surface area (Å²) >= 11 is 0. The summed E-state index contributed by atoms with van der Waals surface area (Å²) in [6.07, 6.45) is -0.284. The Bertz CT molecular complexity index is 517. The second kappa shape index (κ2) is 5.52. The van der Waals surface area contributed by atoms with Crippen LogP contribution in [0.25, 0.3) is 0 Å². The molecule has 3 rings (SSSR count). The molecular formula is C15H19NO4. The average molecular weight is 277 g/mol. The van der Waals surface area contributed by atoms with E-state index in [1.807, 2.05) is 25.1 Å². The molecule has 0 aromatic heterocycles. The molecule has 2 unspecified atom stereocenters. The third-order valence-corrected chi connectivity index (χ3v) is 3.94. The van der Waals surface area contributed by atoms with Crippen molar-refractivity contribution in [2.75, 3.05) is 19.8 Å². The van der Waals surface area contributed by atoms with E-state index in [0.717, 1.165) is 11.1 Å². The molecule has 5 heteroatoms. The molecule has 2 aliphatic heterocycles. The van der Waals surface area contributed by atoms with Crippen molar-refractivity contribution in [3.8, 4) is 0 Å². The predicted molar refractivity (Wildman–Crippen MR) is 72.3 cm³/mol. The van der Waals surface area contributed by atoms with Crippen molar-refractivity contribution in [2.45, 2.75) is 32.3 Å². The van der Waals surface area contributed by atoms with Crippen molar-refractivity contribution in [1.82, 2.24) is 4.90 Å². The molecule has 0 aliphatic carbocycles. The number of benzene rings is 1. The van der Waals surface area contributed by atoms with Crippen LogP contribution in [0.15, 0.2) is 18.2 Å². The van der Waals surface area contributed by atoms with Gasteiger partial charge in [-0.05, 0) is 30.2 Å². The molecule has 1 N–H and O–H groups in total. The smallest absolute Gasteiger partial charge is 0.254 e. The van der Waals surface area contributed by atoms with E-state index in [4.69, 9.17) is 9.47 Å². The van der Waals surface area contributed by atoms with Gasteiger partial charge < -0.3 is 19.5 Å². The van der Waals surface area contributed by atoms with Crippen LogP contribution >= 0.6 is 0 Å². The number of hydrogen-bond acceptors (Lipinski definition) is 4. The lowest BCUT2D eigenvalue weighted by atomic mass is 10.0. The number of fused-ring (bicyclic) bond motifs is 1. The molecule has 1 saturated heterocycles. The molecule has 20 heavy (non-hydrogen) atoms. The van der Waals surface area contributed by atoms with Crippen LogP contribution in [0, 0.1) is 0 Å². The number of aliphatic hydroxyl groups excluding tert-OH is 1. The van der Waals surface area contributed by atoms with Gasteiger partial charge in [-0.3, -0.25) is 4.79 Å². The zero-order valence-electron chi connectivity index (χ0n) is 11.5.